The molecule has 6 nitrogen and oxygen atoms in total. The van der Waals surface area contributed by atoms with Gasteiger partial charge in [-0.25, -0.2) is 0 Å². The molecule has 1 unspecified atom stereocenters. The monoisotopic (exact) mass is 415 g/mol. The van der Waals surface area contributed by atoms with Crippen molar-refractivity contribution in [1.82, 2.24) is 19.6 Å². The van der Waals surface area contributed by atoms with Gasteiger partial charge in [-0.3, -0.25) is 14.2 Å². The summed E-state index contributed by atoms with van der Waals surface area (Å²) in [6, 6.07) is 11.6. The van der Waals surface area contributed by atoms with Crippen molar-refractivity contribution in [2.45, 2.75) is 40.3 Å². The maximum atomic E-state index is 12.6. The van der Waals surface area contributed by atoms with Crippen LogP contribution in [0.3, 0.4) is 0 Å². The van der Waals surface area contributed by atoms with E-state index in [-0.39, 0.29) is 5.91 Å². The van der Waals surface area contributed by atoms with E-state index in [0.717, 1.165) is 27.1 Å². The zero-order valence-electron chi connectivity index (χ0n) is 15.3. The largest absolute Gasteiger partial charge is 0.307 e. The van der Waals surface area contributed by atoms with Crippen LogP contribution >= 0.6 is 15.9 Å². The average molecular weight is 416 g/mol. The van der Waals surface area contributed by atoms with Crippen molar-refractivity contribution in [3.8, 4) is 0 Å². The maximum absolute atomic E-state index is 12.6. The SMILES string of the molecule is Cc1nn(C(C)C(=O)Nc2cc(C)n(Cc3ccccc3)n2)c(C)c1Br. The van der Waals surface area contributed by atoms with Crippen LogP contribution in [0.2, 0.25) is 0 Å². The molecule has 136 valence electrons. The lowest BCUT2D eigenvalue weighted by atomic mass is 10.2. The topological polar surface area (TPSA) is 64.7 Å². The number of halogens is 1. The molecule has 0 saturated heterocycles. The van der Waals surface area contributed by atoms with Gasteiger partial charge < -0.3 is 5.32 Å². The van der Waals surface area contributed by atoms with Gasteiger partial charge >= 0.3 is 0 Å². The number of benzene rings is 1. The van der Waals surface area contributed by atoms with Crippen molar-refractivity contribution in [1.29, 1.82) is 0 Å². The van der Waals surface area contributed by atoms with Gasteiger partial charge in [-0.15, -0.1) is 0 Å². The minimum Gasteiger partial charge on any atom is -0.307 e. The molecule has 0 saturated carbocycles. The lowest BCUT2D eigenvalue weighted by Gasteiger charge is -2.13. The summed E-state index contributed by atoms with van der Waals surface area (Å²) in [5, 5.41) is 11.8. The van der Waals surface area contributed by atoms with E-state index in [1.165, 1.54) is 0 Å². The fraction of sp³-hybridized carbons (Fsp3) is 0.316. The number of hydrogen-bond donors (Lipinski definition) is 1. The van der Waals surface area contributed by atoms with Crippen molar-refractivity contribution in [3.05, 3.63) is 63.5 Å². The van der Waals surface area contributed by atoms with Crippen LogP contribution in [0.15, 0.2) is 40.9 Å². The number of aromatic nitrogens is 4. The lowest BCUT2D eigenvalue weighted by Crippen LogP contribution is -2.25. The van der Waals surface area contributed by atoms with Crippen LogP contribution in [-0.4, -0.2) is 25.5 Å². The zero-order valence-corrected chi connectivity index (χ0v) is 16.9. The third kappa shape index (κ3) is 3.72. The molecule has 2 aromatic heterocycles. The Kier molecular flexibility index (Phi) is 5.27. The highest BCUT2D eigenvalue weighted by molar-refractivity contribution is 9.10. The summed E-state index contributed by atoms with van der Waals surface area (Å²) >= 11 is 3.50. The van der Waals surface area contributed by atoms with E-state index in [1.54, 1.807) is 4.68 Å². The van der Waals surface area contributed by atoms with Gasteiger partial charge in [-0.2, -0.15) is 10.2 Å². The highest BCUT2D eigenvalue weighted by atomic mass is 79.9. The van der Waals surface area contributed by atoms with Gasteiger partial charge in [0.2, 0.25) is 5.91 Å². The molecule has 1 aromatic carbocycles. The van der Waals surface area contributed by atoms with Gasteiger partial charge in [0, 0.05) is 11.8 Å². The number of carbonyl (C=O) groups excluding carboxylic acids is 1. The molecule has 1 amide bonds. The van der Waals surface area contributed by atoms with Crippen LogP contribution < -0.4 is 5.32 Å². The standard InChI is InChI=1S/C19H22BrN5O/c1-12-10-17(23-24(12)11-16-8-6-5-7-9-16)21-19(26)15(4)25-14(3)18(20)13(2)22-25/h5-10,15H,11H2,1-4H3,(H,21,23,26). The molecule has 1 N–H and O–H groups in total. The average Bonchev–Trinajstić information content (AvgIpc) is 3.09. The van der Waals surface area contributed by atoms with Crippen molar-refractivity contribution < 1.29 is 4.79 Å². The summed E-state index contributed by atoms with van der Waals surface area (Å²) < 4.78 is 4.54. The van der Waals surface area contributed by atoms with E-state index >= 15 is 0 Å². The van der Waals surface area contributed by atoms with E-state index in [4.69, 9.17) is 0 Å². The molecular weight excluding hydrogens is 394 g/mol. The number of anilines is 1. The first kappa shape index (κ1) is 18.4. The molecule has 3 aromatic rings. The van der Waals surface area contributed by atoms with Gasteiger partial charge in [0.1, 0.15) is 6.04 Å². The maximum Gasteiger partial charge on any atom is 0.250 e. The minimum absolute atomic E-state index is 0.146. The summed E-state index contributed by atoms with van der Waals surface area (Å²) in [5.74, 6) is 0.406. The Labute approximate surface area is 161 Å². The molecule has 0 aliphatic rings. The zero-order chi connectivity index (χ0) is 18.8. The number of rotatable bonds is 5. The summed E-state index contributed by atoms with van der Waals surface area (Å²) in [6.07, 6.45) is 0. The van der Waals surface area contributed by atoms with Crippen LogP contribution in [0.1, 0.15) is 35.6 Å². The molecule has 2 heterocycles. The number of amides is 1. The van der Waals surface area contributed by atoms with Gasteiger partial charge in [-0.1, -0.05) is 30.3 Å². The number of nitrogens with one attached hydrogen (secondary N) is 1. The van der Waals surface area contributed by atoms with Crippen molar-refractivity contribution >= 4 is 27.7 Å². The normalized spacial score (nSPS) is 12.2. The minimum atomic E-state index is -0.431. The summed E-state index contributed by atoms with van der Waals surface area (Å²) in [5.41, 5.74) is 3.95. The van der Waals surface area contributed by atoms with E-state index < -0.39 is 6.04 Å². The fourth-order valence-corrected chi connectivity index (χ4v) is 3.11. The molecule has 0 radical (unpaired) electrons. The third-order valence-electron chi connectivity index (χ3n) is 4.39. The summed E-state index contributed by atoms with van der Waals surface area (Å²) in [7, 11) is 0. The van der Waals surface area contributed by atoms with Crippen molar-refractivity contribution in [2.75, 3.05) is 5.32 Å². The Hall–Kier alpha value is -2.41. The van der Waals surface area contributed by atoms with Crippen LogP contribution in [0.25, 0.3) is 0 Å². The second-order valence-electron chi connectivity index (χ2n) is 6.41. The molecular formula is C19H22BrN5O. The molecule has 1 atom stereocenters. The first-order valence-corrected chi connectivity index (χ1v) is 9.26. The van der Waals surface area contributed by atoms with E-state index in [9.17, 15) is 4.79 Å². The smallest absolute Gasteiger partial charge is 0.250 e. The Morgan fingerprint density at radius 1 is 1.19 bits per heavy atom. The Bertz CT molecular complexity index is 929. The van der Waals surface area contributed by atoms with E-state index in [0.29, 0.717) is 12.4 Å². The first-order valence-electron chi connectivity index (χ1n) is 8.47. The quantitative estimate of drug-likeness (QED) is 0.684. The van der Waals surface area contributed by atoms with Crippen LogP contribution in [-0.2, 0) is 11.3 Å². The van der Waals surface area contributed by atoms with Crippen LogP contribution in [0.5, 0.6) is 0 Å². The van der Waals surface area contributed by atoms with Gasteiger partial charge in [0.15, 0.2) is 5.82 Å². The van der Waals surface area contributed by atoms with E-state index in [2.05, 4.69) is 43.6 Å². The highest BCUT2D eigenvalue weighted by Crippen LogP contribution is 2.23. The molecule has 0 fully saturated rings. The van der Waals surface area contributed by atoms with E-state index in [1.807, 2.05) is 56.6 Å². The van der Waals surface area contributed by atoms with Gasteiger partial charge in [0.05, 0.1) is 22.4 Å². The molecule has 0 spiro atoms. The Balaban J connectivity index is 1.73. The van der Waals surface area contributed by atoms with Crippen LogP contribution in [0, 0.1) is 20.8 Å². The summed E-state index contributed by atoms with van der Waals surface area (Å²) in [4.78, 5) is 12.6. The fourth-order valence-electron chi connectivity index (χ4n) is 2.85. The van der Waals surface area contributed by atoms with Crippen molar-refractivity contribution in [2.24, 2.45) is 0 Å². The van der Waals surface area contributed by atoms with Gasteiger partial charge in [0.25, 0.3) is 0 Å². The van der Waals surface area contributed by atoms with Crippen molar-refractivity contribution in [3.63, 3.8) is 0 Å². The second-order valence-corrected chi connectivity index (χ2v) is 7.20. The summed E-state index contributed by atoms with van der Waals surface area (Å²) in [6.45, 7) is 8.32. The molecule has 0 bridgehead atoms. The lowest BCUT2D eigenvalue weighted by molar-refractivity contribution is -0.119. The predicted octanol–water partition coefficient (Wildman–Crippen LogP) is 4.02. The Morgan fingerprint density at radius 2 is 1.88 bits per heavy atom. The number of hydrogen-bond acceptors (Lipinski definition) is 3. The molecule has 26 heavy (non-hydrogen) atoms. The van der Waals surface area contributed by atoms with Gasteiger partial charge in [-0.05, 0) is 49.2 Å². The first-order chi connectivity index (χ1) is 12.4. The molecule has 7 heteroatoms. The van der Waals surface area contributed by atoms with Crippen LogP contribution in [0.4, 0.5) is 5.82 Å². The highest BCUT2D eigenvalue weighted by Gasteiger charge is 2.21. The Morgan fingerprint density at radius 3 is 2.50 bits per heavy atom. The molecule has 0 aliphatic carbocycles. The predicted molar refractivity (Wildman–Crippen MR) is 105 cm³/mol. The number of carbonyl (C=O) groups is 1. The molecule has 3 rings (SSSR count). The number of nitrogens with zero attached hydrogens (tertiary/aromatic N) is 4. The molecule has 0 aliphatic heterocycles. The second kappa shape index (κ2) is 7.45. The third-order valence-corrected chi connectivity index (χ3v) is 5.54. The number of aryl methyl sites for hydroxylation is 2.